The molecule has 2 aromatic rings. The number of ether oxygens (including phenoxy) is 2. The molecule has 0 saturated carbocycles. The van der Waals surface area contributed by atoms with Crippen LogP contribution < -0.4 is 9.47 Å². The normalized spacial score (nSPS) is 19.6. The summed E-state index contributed by atoms with van der Waals surface area (Å²) < 4.78 is 16.2. The highest BCUT2D eigenvalue weighted by Crippen LogP contribution is 2.41. The van der Waals surface area contributed by atoms with E-state index in [-0.39, 0.29) is 18.1 Å². The molecule has 0 aliphatic carbocycles. The number of furan rings is 1. The van der Waals surface area contributed by atoms with Crippen LogP contribution in [0.5, 0.6) is 11.5 Å². The van der Waals surface area contributed by atoms with Crippen molar-refractivity contribution in [1.82, 2.24) is 9.80 Å². The van der Waals surface area contributed by atoms with Gasteiger partial charge in [-0.25, -0.2) is 0 Å². The molecule has 1 atom stereocenters. The molecular weight excluding hydrogens is 400 g/mol. The molecule has 1 N–H and O–H groups in total. The van der Waals surface area contributed by atoms with Gasteiger partial charge in [0.05, 0.1) is 11.8 Å². The van der Waals surface area contributed by atoms with Gasteiger partial charge in [0.15, 0.2) is 11.5 Å². The quantitative estimate of drug-likeness (QED) is 0.394. The van der Waals surface area contributed by atoms with Crippen LogP contribution in [-0.2, 0) is 9.59 Å². The van der Waals surface area contributed by atoms with Gasteiger partial charge in [-0.2, -0.15) is 0 Å². The molecule has 1 unspecified atom stereocenters. The third-order valence-corrected chi connectivity index (χ3v) is 5.77. The minimum Gasteiger partial charge on any atom is -0.507 e. The second-order valence-electron chi connectivity index (χ2n) is 7.46. The van der Waals surface area contributed by atoms with Gasteiger partial charge in [-0.05, 0) is 56.4 Å². The lowest BCUT2D eigenvalue weighted by molar-refractivity contribution is -0.140. The summed E-state index contributed by atoms with van der Waals surface area (Å²) in [6.07, 6.45) is 2.20. The molecule has 31 heavy (non-hydrogen) atoms. The third-order valence-electron chi connectivity index (χ3n) is 5.77. The van der Waals surface area contributed by atoms with Crippen LogP contribution in [0.4, 0.5) is 0 Å². The molecule has 164 valence electrons. The Hall–Kier alpha value is -3.26. The molecule has 1 fully saturated rings. The first-order valence-electron chi connectivity index (χ1n) is 10.5. The van der Waals surface area contributed by atoms with Crippen molar-refractivity contribution in [1.29, 1.82) is 0 Å². The van der Waals surface area contributed by atoms with E-state index in [0.717, 1.165) is 19.6 Å². The van der Waals surface area contributed by atoms with Gasteiger partial charge in [-0.3, -0.25) is 9.59 Å². The second-order valence-corrected chi connectivity index (χ2v) is 7.46. The van der Waals surface area contributed by atoms with Crippen molar-refractivity contribution in [3.63, 3.8) is 0 Å². The summed E-state index contributed by atoms with van der Waals surface area (Å²) >= 11 is 0. The second kappa shape index (κ2) is 8.85. The molecule has 1 aromatic carbocycles. The van der Waals surface area contributed by atoms with Crippen molar-refractivity contribution < 1.29 is 28.6 Å². The number of likely N-dealkylation sites (tertiary alicyclic amines) is 1. The minimum absolute atomic E-state index is 0.0154. The van der Waals surface area contributed by atoms with Gasteiger partial charge in [-0.1, -0.05) is 13.8 Å². The van der Waals surface area contributed by atoms with Crippen molar-refractivity contribution >= 4 is 17.4 Å². The monoisotopic (exact) mass is 426 g/mol. The van der Waals surface area contributed by atoms with Crippen molar-refractivity contribution in [3.8, 4) is 11.5 Å². The van der Waals surface area contributed by atoms with Crippen molar-refractivity contribution in [2.45, 2.75) is 26.3 Å². The molecule has 8 heteroatoms. The summed E-state index contributed by atoms with van der Waals surface area (Å²) in [5.41, 5.74) is 0.392. The molecule has 8 nitrogen and oxygen atoms in total. The highest BCUT2D eigenvalue weighted by molar-refractivity contribution is 6.46. The maximum Gasteiger partial charge on any atom is 0.295 e. The molecule has 1 saturated heterocycles. The van der Waals surface area contributed by atoms with E-state index in [0.29, 0.717) is 35.8 Å². The molecule has 1 amide bonds. The number of ketones is 1. The zero-order chi connectivity index (χ0) is 22.0. The Morgan fingerprint density at radius 2 is 1.94 bits per heavy atom. The first-order chi connectivity index (χ1) is 15.0. The predicted molar refractivity (Wildman–Crippen MR) is 113 cm³/mol. The van der Waals surface area contributed by atoms with E-state index in [2.05, 4.69) is 18.7 Å². The summed E-state index contributed by atoms with van der Waals surface area (Å²) in [5, 5.41) is 11.1. The number of fused-ring (bicyclic) bond motifs is 1. The van der Waals surface area contributed by atoms with E-state index in [4.69, 9.17) is 13.9 Å². The van der Waals surface area contributed by atoms with Crippen LogP contribution in [0.25, 0.3) is 5.76 Å². The molecule has 3 heterocycles. The largest absolute Gasteiger partial charge is 0.507 e. The summed E-state index contributed by atoms with van der Waals surface area (Å²) in [7, 11) is 0. The number of hydrogen-bond acceptors (Lipinski definition) is 7. The summed E-state index contributed by atoms with van der Waals surface area (Å²) in [6, 6.07) is 7.53. The number of benzene rings is 1. The average molecular weight is 426 g/mol. The smallest absolute Gasteiger partial charge is 0.295 e. The SMILES string of the molecule is CCN(CC)CCCN1C(=O)C(=O)/C(=C(/O)c2ccc3c(c2)OCO3)C1c1ccco1. The first kappa shape index (κ1) is 21.0. The number of nitrogens with zero attached hydrogens (tertiary/aromatic N) is 2. The van der Waals surface area contributed by atoms with Crippen LogP contribution in [0.3, 0.4) is 0 Å². The van der Waals surface area contributed by atoms with E-state index >= 15 is 0 Å². The van der Waals surface area contributed by atoms with Crippen LogP contribution in [0.1, 0.15) is 37.6 Å². The Kier molecular flexibility index (Phi) is 5.99. The van der Waals surface area contributed by atoms with Crippen LogP contribution in [0.15, 0.2) is 46.6 Å². The lowest BCUT2D eigenvalue weighted by atomic mass is 9.99. The van der Waals surface area contributed by atoms with Gasteiger partial charge in [0.25, 0.3) is 11.7 Å². The fourth-order valence-electron chi connectivity index (χ4n) is 4.06. The fourth-order valence-corrected chi connectivity index (χ4v) is 4.06. The average Bonchev–Trinajstić information content (AvgIpc) is 3.52. The van der Waals surface area contributed by atoms with Crippen LogP contribution in [0, 0.1) is 0 Å². The topological polar surface area (TPSA) is 92.5 Å². The van der Waals surface area contributed by atoms with Crippen LogP contribution in [0.2, 0.25) is 0 Å². The molecule has 0 bridgehead atoms. The number of aliphatic hydroxyl groups excluding tert-OH is 1. The highest BCUT2D eigenvalue weighted by Gasteiger charge is 2.47. The zero-order valence-electron chi connectivity index (χ0n) is 17.7. The number of rotatable bonds is 8. The number of hydrogen-bond donors (Lipinski definition) is 1. The van der Waals surface area contributed by atoms with Gasteiger partial charge in [0.2, 0.25) is 6.79 Å². The van der Waals surface area contributed by atoms with Crippen LogP contribution in [-0.4, -0.2) is 59.6 Å². The van der Waals surface area contributed by atoms with Gasteiger partial charge in [0, 0.05) is 12.1 Å². The number of amides is 1. The molecule has 2 aliphatic rings. The summed E-state index contributed by atoms with van der Waals surface area (Å²) in [5.74, 6) is -0.140. The van der Waals surface area contributed by atoms with Crippen LogP contribution >= 0.6 is 0 Å². The van der Waals surface area contributed by atoms with E-state index < -0.39 is 17.7 Å². The number of carbonyl (C=O) groups excluding carboxylic acids is 2. The van der Waals surface area contributed by atoms with Gasteiger partial charge < -0.3 is 28.8 Å². The minimum atomic E-state index is -0.780. The Morgan fingerprint density at radius 1 is 1.16 bits per heavy atom. The van der Waals surface area contributed by atoms with Gasteiger partial charge in [-0.15, -0.1) is 0 Å². The van der Waals surface area contributed by atoms with Crippen molar-refractivity contribution in [2.75, 3.05) is 33.0 Å². The predicted octanol–water partition coefficient (Wildman–Crippen LogP) is 3.16. The number of aliphatic hydroxyl groups is 1. The molecule has 4 rings (SSSR count). The third kappa shape index (κ3) is 3.90. The standard InChI is InChI=1S/C23H26N2O6/c1-3-24(4-2)10-6-11-25-20(17-7-5-12-29-17)19(22(27)23(25)28)21(26)15-8-9-16-18(13-15)31-14-30-16/h5,7-9,12-13,20,26H,3-4,6,10-11,14H2,1-2H3/b21-19+. The van der Waals surface area contributed by atoms with Crippen molar-refractivity contribution in [3.05, 3.63) is 53.5 Å². The van der Waals surface area contributed by atoms with Gasteiger partial charge in [0.1, 0.15) is 17.6 Å². The molecular formula is C23H26N2O6. The van der Waals surface area contributed by atoms with Crippen molar-refractivity contribution in [2.24, 2.45) is 0 Å². The van der Waals surface area contributed by atoms with Gasteiger partial charge >= 0.3 is 0 Å². The fraction of sp³-hybridized carbons (Fsp3) is 0.391. The Bertz CT molecular complexity index is 994. The number of Topliss-reactive ketones (excluding diaryl/α,β-unsaturated/α-hetero) is 1. The maximum atomic E-state index is 13.0. The summed E-state index contributed by atoms with van der Waals surface area (Å²) in [4.78, 5) is 29.6. The summed E-state index contributed by atoms with van der Waals surface area (Å²) in [6.45, 7) is 7.30. The lowest BCUT2D eigenvalue weighted by Gasteiger charge is -2.25. The Morgan fingerprint density at radius 3 is 2.65 bits per heavy atom. The van der Waals surface area contributed by atoms with E-state index in [1.807, 2.05) is 0 Å². The maximum absolute atomic E-state index is 13.0. The zero-order valence-corrected chi connectivity index (χ0v) is 17.7. The first-order valence-corrected chi connectivity index (χ1v) is 10.5. The van der Waals surface area contributed by atoms with E-state index in [1.165, 1.54) is 11.2 Å². The van der Waals surface area contributed by atoms with E-state index in [1.54, 1.807) is 30.3 Å². The Balaban J connectivity index is 1.68. The molecule has 2 aliphatic heterocycles. The molecule has 1 aromatic heterocycles. The lowest BCUT2D eigenvalue weighted by Crippen LogP contribution is -2.33. The number of carbonyl (C=O) groups is 2. The Labute approximate surface area is 180 Å². The highest BCUT2D eigenvalue weighted by atomic mass is 16.7. The molecule has 0 radical (unpaired) electrons. The van der Waals surface area contributed by atoms with E-state index in [9.17, 15) is 14.7 Å². The molecule has 0 spiro atoms.